The number of ether oxygens (including phenoxy) is 2. The van der Waals surface area contributed by atoms with Crippen molar-refractivity contribution in [3.8, 4) is 0 Å². The van der Waals surface area contributed by atoms with E-state index in [9.17, 15) is 9.18 Å². The monoisotopic (exact) mass is 240 g/mol. The van der Waals surface area contributed by atoms with E-state index in [4.69, 9.17) is 9.47 Å². The average molecular weight is 240 g/mol. The molecule has 17 heavy (non-hydrogen) atoms. The van der Waals surface area contributed by atoms with Gasteiger partial charge < -0.3 is 9.47 Å². The lowest BCUT2D eigenvalue weighted by molar-refractivity contribution is -0.146. The molecule has 1 aromatic rings. The summed E-state index contributed by atoms with van der Waals surface area (Å²) in [6.07, 6.45) is -0.600. The van der Waals surface area contributed by atoms with E-state index in [0.717, 1.165) is 0 Å². The first-order chi connectivity index (χ1) is 8.25. The molecule has 5 nitrogen and oxygen atoms in total. The van der Waals surface area contributed by atoms with Gasteiger partial charge in [-0.25, -0.2) is 4.39 Å². The molecule has 1 fully saturated rings. The molecule has 0 aromatic heterocycles. The molecule has 2 rings (SSSR count). The number of benzene rings is 1. The number of hydrazine groups is 1. The fourth-order valence-corrected chi connectivity index (χ4v) is 1.39. The third-order valence-corrected chi connectivity index (χ3v) is 2.28. The number of anilines is 1. The highest BCUT2D eigenvalue weighted by atomic mass is 19.1. The van der Waals surface area contributed by atoms with Crippen molar-refractivity contribution in [1.82, 2.24) is 5.43 Å². The minimum atomic E-state index is -0.600. The lowest BCUT2D eigenvalue weighted by atomic mass is 10.3. The van der Waals surface area contributed by atoms with Gasteiger partial charge in [0, 0.05) is 0 Å². The second-order valence-electron chi connectivity index (χ2n) is 3.56. The summed E-state index contributed by atoms with van der Waals surface area (Å²) in [5.41, 5.74) is 5.73. The molecule has 1 unspecified atom stereocenters. The van der Waals surface area contributed by atoms with Gasteiger partial charge in [0.15, 0.2) is 6.10 Å². The maximum Gasteiger partial charge on any atom is 0.269 e. The number of hydrogen-bond acceptors (Lipinski definition) is 4. The van der Waals surface area contributed by atoms with Crippen LogP contribution in [0.4, 0.5) is 10.1 Å². The van der Waals surface area contributed by atoms with E-state index >= 15 is 0 Å². The van der Waals surface area contributed by atoms with Gasteiger partial charge in [0.25, 0.3) is 5.91 Å². The van der Waals surface area contributed by atoms with Crippen LogP contribution in [-0.2, 0) is 14.3 Å². The van der Waals surface area contributed by atoms with Crippen LogP contribution in [-0.4, -0.2) is 31.8 Å². The lowest BCUT2D eigenvalue weighted by Gasteiger charge is -2.22. The highest BCUT2D eigenvalue weighted by molar-refractivity contribution is 5.82. The maximum atomic E-state index is 12.6. The fourth-order valence-electron chi connectivity index (χ4n) is 1.39. The summed E-state index contributed by atoms with van der Waals surface area (Å²) < 4.78 is 22.9. The van der Waals surface area contributed by atoms with Gasteiger partial charge in [-0.1, -0.05) is 0 Å². The van der Waals surface area contributed by atoms with E-state index in [1.165, 1.54) is 24.3 Å². The summed E-state index contributed by atoms with van der Waals surface area (Å²) in [6, 6.07) is 5.64. The molecule has 1 saturated heterocycles. The van der Waals surface area contributed by atoms with Gasteiger partial charge in [0.05, 0.1) is 25.5 Å². The first-order valence-electron chi connectivity index (χ1n) is 5.26. The van der Waals surface area contributed by atoms with Gasteiger partial charge in [-0.2, -0.15) is 0 Å². The molecule has 0 spiro atoms. The topological polar surface area (TPSA) is 59.6 Å². The minimum absolute atomic E-state index is 0.247. The molecular weight excluding hydrogens is 227 g/mol. The van der Waals surface area contributed by atoms with Gasteiger partial charge in [0.2, 0.25) is 0 Å². The first-order valence-corrected chi connectivity index (χ1v) is 5.26. The molecule has 1 amide bonds. The van der Waals surface area contributed by atoms with Crippen molar-refractivity contribution in [1.29, 1.82) is 0 Å². The number of carbonyl (C=O) groups is 1. The van der Waals surface area contributed by atoms with Crippen molar-refractivity contribution in [2.24, 2.45) is 0 Å². The van der Waals surface area contributed by atoms with Crippen LogP contribution < -0.4 is 10.9 Å². The molecule has 6 heteroatoms. The highest BCUT2D eigenvalue weighted by Gasteiger charge is 2.22. The van der Waals surface area contributed by atoms with Crippen LogP contribution in [0.25, 0.3) is 0 Å². The first kappa shape index (κ1) is 11.8. The Hall–Kier alpha value is -1.66. The molecule has 0 aliphatic carbocycles. The van der Waals surface area contributed by atoms with Crippen LogP contribution in [0.2, 0.25) is 0 Å². The molecule has 1 aliphatic heterocycles. The molecule has 1 aromatic carbocycles. The van der Waals surface area contributed by atoms with Gasteiger partial charge in [-0.3, -0.25) is 15.6 Å². The van der Waals surface area contributed by atoms with Crippen molar-refractivity contribution in [3.63, 3.8) is 0 Å². The van der Waals surface area contributed by atoms with Crippen LogP contribution >= 0.6 is 0 Å². The Kier molecular flexibility index (Phi) is 3.89. The van der Waals surface area contributed by atoms with Gasteiger partial charge in [-0.15, -0.1) is 0 Å². The Morgan fingerprint density at radius 2 is 2.06 bits per heavy atom. The van der Waals surface area contributed by atoms with Gasteiger partial charge in [-0.05, 0) is 24.3 Å². The number of hydrogen-bond donors (Lipinski definition) is 2. The normalized spacial score (nSPS) is 19.7. The van der Waals surface area contributed by atoms with Crippen molar-refractivity contribution >= 4 is 11.6 Å². The fraction of sp³-hybridized carbons (Fsp3) is 0.364. The standard InChI is InChI=1S/C11H13FN2O3/c12-8-1-3-9(4-2-8)13-14-11(15)10-7-16-5-6-17-10/h1-4,10,13H,5-7H2,(H,14,15). The van der Waals surface area contributed by atoms with Crippen LogP contribution in [0.1, 0.15) is 0 Å². The van der Waals surface area contributed by atoms with Gasteiger partial charge >= 0.3 is 0 Å². The smallest absolute Gasteiger partial charge is 0.269 e. The van der Waals surface area contributed by atoms with Crippen LogP contribution in [0.3, 0.4) is 0 Å². The van der Waals surface area contributed by atoms with E-state index in [2.05, 4.69) is 10.9 Å². The van der Waals surface area contributed by atoms with Gasteiger partial charge in [0.1, 0.15) is 5.82 Å². The number of carbonyl (C=O) groups excluding carboxylic acids is 1. The van der Waals surface area contributed by atoms with Crippen molar-refractivity contribution in [2.75, 3.05) is 25.2 Å². The summed E-state index contributed by atoms with van der Waals surface area (Å²) in [4.78, 5) is 11.6. The second kappa shape index (κ2) is 5.60. The Labute approximate surface area is 97.9 Å². The van der Waals surface area contributed by atoms with E-state index in [1.54, 1.807) is 0 Å². The second-order valence-corrected chi connectivity index (χ2v) is 3.56. The lowest BCUT2D eigenvalue weighted by Crippen LogP contribution is -2.44. The van der Waals surface area contributed by atoms with Crippen LogP contribution in [0.15, 0.2) is 24.3 Å². The van der Waals surface area contributed by atoms with Crippen molar-refractivity contribution in [3.05, 3.63) is 30.1 Å². The van der Waals surface area contributed by atoms with Crippen LogP contribution in [0, 0.1) is 5.82 Å². The largest absolute Gasteiger partial charge is 0.376 e. The van der Waals surface area contributed by atoms with Crippen molar-refractivity contribution < 1.29 is 18.7 Å². The van der Waals surface area contributed by atoms with E-state index in [1.807, 2.05) is 0 Å². The summed E-state index contributed by atoms with van der Waals surface area (Å²) in [7, 11) is 0. The molecule has 2 N–H and O–H groups in total. The molecular formula is C11H13FN2O3. The zero-order valence-electron chi connectivity index (χ0n) is 9.11. The third-order valence-electron chi connectivity index (χ3n) is 2.28. The predicted octanol–water partition coefficient (Wildman–Crippen LogP) is 0.684. The highest BCUT2D eigenvalue weighted by Crippen LogP contribution is 2.07. The molecule has 0 bridgehead atoms. The molecule has 1 heterocycles. The Bertz CT molecular complexity index is 377. The zero-order chi connectivity index (χ0) is 12.1. The van der Waals surface area contributed by atoms with E-state index < -0.39 is 6.10 Å². The summed E-state index contributed by atoms with van der Waals surface area (Å²) in [6.45, 7) is 1.17. The Morgan fingerprint density at radius 3 is 2.71 bits per heavy atom. The number of nitrogens with one attached hydrogen (secondary N) is 2. The SMILES string of the molecule is O=C(NNc1ccc(F)cc1)C1COCCO1. The number of rotatable bonds is 3. The Morgan fingerprint density at radius 1 is 1.29 bits per heavy atom. The summed E-state index contributed by atoms with van der Waals surface area (Å²) in [5, 5.41) is 0. The number of halogens is 1. The van der Waals surface area contributed by atoms with Crippen LogP contribution in [0.5, 0.6) is 0 Å². The minimum Gasteiger partial charge on any atom is -0.376 e. The maximum absolute atomic E-state index is 12.6. The predicted molar refractivity (Wildman–Crippen MR) is 58.7 cm³/mol. The molecule has 0 radical (unpaired) electrons. The van der Waals surface area contributed by atoms with E-state index in [-0.39, 0.29) is 18.3 Å². The summed E-state index contributed by atoms with van der Waals surface area (Å²) in [5.74, 6) is -0.639. The molecule has 1 atom stereocenters. The number of amides is 1. The van der Waals surface area contributed by atoms with E-state index in [0.29, 0.717) is 18.9 Å². The quantitative estimate of drug-likeness (QED) is 0.763. The molecule has 1 aliphatic rings. The zero-order valence-corrected chi connectivity index (χ0v) is 9.11. The molecule has 92 valence electrons. The summed E-state index contributed by atoms with van der Waals surface area (Å²) >= 11 is 0. The average Bonchev–Trinajstić information content (AvgIpc) is 2.39. The Balaban J connectivity index is 1.81. The molecule has 0 saturated carbocycles. The third kappa shape index (κ3) is 3.40. The van der Waals surface area contributed by atoms with Crippen molar-refractivity contribution in [2.45, 2.75) is 6.10 Å².